The Bertz CT molecular complexity index is 438. The minimum absolute atomic E-state index is 0.221. The van der Waals surface area contributed by atoms with Crippen molar-refractivity contribution in [1.29, 1.82) is 0 Å². The molecule has 4 heteroatoms. The van der Waals surface area contributed by atoms with Crippen LogP contribution in [0, 0.1) is 6.92 Å². The number of nitrogens with two attached hydrogens (primary N) is 1. The fourth-order valence-corrected chi connectivity index (χ4v) is 2.53. The first kappa shape index (κ1) is 15.5. The number of halogens is 1. The summed E-state index contributed by atoms with van der Waals surface area (Å²) < 4.78 is 6.20. The zero-order valence-electron chi connectivity index (χ0n) is 12.2. The summed E-state index contributed by atoms with van der Waals surface area (Å²) in [5.41, 5.74) is 8.75. The van der Waals surface area contributed by atoms with E-state index in [0.717, 1.165) is 11.1 Å². The number of hydrogen-bond donors (Lipinski definition) is 1. The van der Waals surface area contributed by atoms with Gasteiger partial charge in [0.2, 0.25) is 0 Å². The third-order valence-corrected chi connectivity index (χ3v) is 8.78. The maximum Gasteiger partial charge on any atom is 0.192 e. The van der Waals surface area contributed by atoms with Gasteiger partial charge >= 0.3 is 0 Å². The molecule has 2 N–H and O–H groups in total. The molecule has 102 valence electrons. The molecule has 0 fully saturated rings. The average Bonchev–Trinajstić information content (AvgIpc) is 2.23. The van der Waals surface area contributed by atoms with Crippen molar-refractivity contribution in [3.8, 4) is 0 Å². The fourth-order valence-electron chi connectivity index (χ4n) is 1.37. The van der Waals surface area contributed by atoms with Gasteiger partial charge in [-0.1, -0.05) is 38.4 Å². The lowest BCUT2D eigenvalue weighted by molar-refractivity contribution is 0.276. The van der Waals surface area contributed by atoms with E-state index in [1.54, 1.807) is 0 Å². The Labute approximate surface area is 117 Å². The smallest absolute Gasteiger partial charge is 0.192 e. The molecule has 18 heavy (non-hydrogen) atoms. The zero-order chi connectivity index (χ0) is 14.1. The van der Waals surface area contributed by atoms with Crippen LogP contribution in [0.3, 0.4) is 0 Å². The molecule has 1 aromatic rings. The van der Waals surface area contributed by atoms with Gasteiger partial charge in [-0.15, -0.1) is 0 Å². The van der Waals surface area contributed by atoms with Crippen molar-refractivity contribution in [3.63, 3.8) is 0 Å². The third-order valence-electron chi connectivity index (χ3n) is 3.97. The lowest BCUT2D eigenvalue weighted by Gasteiger charge is -2.36. The van der Waals surface area contributed by atoms with Crippen LogP contribution in [-0.4, -0.2) is 8.32 Å². The van der Waals surface area contributed by atoms with Gasteiger partial charge in [0.25, 0.3) is 0 Å². The van der Waals surface area contributed by atoms with E-state index >= 15 is 0 Å². The highest BCUT2D eigenvalue weighted by molar-refractivity contribution is 6.74. The first-order valence-corrected chi connectivity index (χ1v) is 9.52. The monoisotopic (exact) mass is 285 g/mol. The van der Waals surface area contributed by atoms with Crippen LogP contribution >= 0.6 is 11.6 Å². The highest BCUT2D eigenvalue weighted by Gasteiger charge is 2.37. The highest BCUT2D eigenvalue weighted by atomic mass is 35.5. The van der Waals surface area contributed by atoms with Crippen LogP contribution in [0.5, 0.6) is 0 Å². The van der Waals surface area contributed by atoms with Gasteiger partial charge in [0, 0.05) is 0 Å². The van der Waals surface area contributed by atoms with Gasteiger partial charge in [-0.05, 0) is 42.2 Å². The summed E-state index contributed by atoms with van der Waals surface area (Å²) in [5.74, 6) is 0. The summed E-state index contributed by atoms with van der Waals surface area (Å²) in [6.45, 7) is 13.8. The topological polar surface area (TPSA) is 35.2 Å². The molecule has 0 bridgehead atoms. The summed E-state index contributed by atoms with van der Waals surface area (Å²) in [4.78, 5) is 0. The Morgan fingerprint density at radius 2 is 1.83 bits per heavy atom. The molecule has 1 aromatic carbocycles. The van der Waals surface area contributed by atoms with E-state index in [4.69, 9.17) is 21.8 Å². The molecule has 0 aliphatic rings. The molecule has 0 saturated carbocycles. The molecular weight excluding hydrogens is 262 g/mol. The molecule has 0 saturated heterocycles. The number of nitrogen functional groups attached to an aromatic ring is 1. The summed E-state index contributed by atoms with van der Waals surface area (Å²) in [6, 6.07) is 3.84. The van der Waals surface area contributed by atoms with Crippen LogP contribution in [0.4, 0.5) is 5.69 Å². The largest absolute Gasteiger partial charge is 0.413 e. The van der Waals surface area contributed by atoms with Crippen LogP contribution < -0.4 is 5.73 Å². The Kier molecular flexibility index (Phi) is 4.52. The number of anilines is 1. The molecular formula is C14H24ClNOSi. The first-order chi connectivity index (χ1) is 8.06. The van der Waals surface area contributed by atoms with Gasteiger partial charge in [0.1, 0.15) is 0 Å². The van der Waals surface area contributed by atoms with Crippen molar-refractivity contribution in [3.05, 3.63) is 28.3 Å². The lowest BCUT2D eigenvalue weighted by atomic mass is 10.1. The van der Waals surface area contributed by atoms with E-state index in [2.05, 4.69) is 33.9 Å². The van der Waals surface area contributed by atoms with Gasteiger partial charge in [-0.2, -0.15) is 0 Å². The van der Waals surface area contributed by atoms with Gasteiger partial charge in [0.05, 0.1) is 17.3 Å². The minimum atomic E-state index is -1.72. The van der Waals surface area contributed by atoms with Gasteiger partial charge in [-0.25, -0.2) is 0 Å². The first-order valence-electron chi connectivity index (χ1n) is 6.23. The van der Waals surface area contributed by atoms with Gasteiger partial charge in [0.15, 0.2) is 8.32 Å². The summed E-state index contributed by atoms with van der Waals surface area (Å²) in [5, 5.41) is 0.836. The standard InChI is InChI=1S/C14H24ClNOSi/c1-10-11(7-8-12(15)13(10)16)9-17-18(5,6)14(2,3)4/h7-8H,9,16H2,1-6H3. The van der Waals surface area contributed by atoms with Crippen LogP contribution in [0.15, 0.2) is 12.1 Å². The molecule has 1 rings (SSSR count). The van der Waals surface area contributed by atoms with Crippen molar-refractivity contribution in [2.45, 2.75) is 52.4 Å². The maximum atomic E-state index is 6.20. The Balaban J connectivity index is 2.85. The summed E-state index contributed by atoms with van der Waals surface area (Å²) in [6.07, 6.45) is 0. The van der Waals surface area contributed by atoms with Crippen molar-refractivity contribution < 1.29 is 4.43 Å². The van der Waals surface area contributed by atoms with E-state index in [0.29, 0.717) is 17.3 Å². The van der Waals surface area contributed by atoms with Crippen molar-refractivity contribution >= 4 is 25.6 Å². The molecule has 2 nitrogen and oxygen atoms in total. The third kappa shape index (κ3) is 3.28. The normalized spacial score (nSPS) is 12.8. The van der Waals surface area contributed by atoms with E-state index in [-0.39, 0.29) is 5.04 Å². The quantitative estimate of drug-likeness (QED) is 0.642. The Morgan fingerprint density at radius 1 is 1.28 bits per heavy atom. The fraction of sp³-hybridized carbons (Fsp3) is 0.571. The molecule has 0 atom stereocenters. The number of benzene rings is 1. The van der Waals surface area contributed by atoms with Crippen LogP contribution in [0.25, 0.3) is 0 Å². The van der Waals surface area contributed by atoms with Crippen LogP contribution in [-0.2, 0) is 11.0 Å². The highest BCUT2D eigenvalue weighted by Crippen LogP contribution is 2.37. The van der Waals surface area contributed by atoms with Crippen molar-refractivity contribution in [2.75, 3.05) is 5.73 Å². The lowest BCUT2D eigenvalue weighted by Crippen LogP contribution is -2.40. The second-order valence-electron chi connectivity index (χ2n) is 6.29. The molecule has 0 heterocycles. The number of rotatable bonds is 3. The summed E-state index contributed by atoms with van der Waals surface area (Å²) >= 11 is 5.99. The molecule has 0 radical (unpaired) electrons. The minimum Gasteiger partial charge on any atom is -0.413 e. The molecule has 0 aromatic heterocycles. The number of hydrogen-bond acceptors (Lipinski definition) is 2. The molecule has 0 spiro atoms. The van der Waals surface area contributed by atoms with E-state index < -0.39 is 8.32 Å². The Morgan fingerprint density at radius 3 is 2.33 bits per heavy atom. The zero-order valence-corrected chi connectivity index (χ0v) is 14.0. The molecule has 0 aliphatic heterocycles. The molecule has 0 aliphatic carbocycles. The van der Waals surface area contributed by atoms with E-state index in [9.17, 15) is 0 Å². The van der Waals surface area contributed by atoms with E-state index in [1.165, 1.54) is 0 Å². The SMILES string of the molecule is Cc1c(CO[Si](C)(C)C(C)(C)C)ccc(Cl)c1N. The summed E-state index contributed by atoms with van der Waals surface area (Å²) in [7, 11) is -1.72. The van der Waals surface area contributed by atoms with E-state index in [1.807, 2.05) is 19.1 Å². The maximum absolute atomic E-state index is 6.20. The second-order valence-corrected chi connectivity index (χ2v) is 11.5. The Hall–Kier alpha value is -0.513. The second kappa shape index (κ2) is 5.23. The van der Waals surface area contributed by atoms with Crippen LogP contribution in [0.1, 0.15) is 31.9 Å². The van der Waals surface area contributed by atoms with Gasteiger partial charge in [-0.3, -0.25) is 0 Å². The van der Waals surface area contributed by atoms with Crippen LogP contribution in [0.2, 0.25) is 23.2 Å². The predicted molar refractivity (Wildman–Crippen MR) is 82.6 cm³/mol. The molecule has 0 unspecified atom stereocenters. The molecule has 0 amide bonds. The van der Waals surface area contributed by atoms with Crippen molar-refractivity contribution in [1.82, 2.24) is 0 Å². The predicted octanol–water partition coefficient (Wildman–Crippen LogP) is 4.75. The van der Waals surface area contributed by atoms with Gasteiger partial charge < -0.3 is 10.2 Å². The average molecular weight is 286 g/mol. The van der Waals surface area contributed by atoms with Crippen molar-refractivity contribution in [2.24, 2.45) is 0 Å².